The van der Waals surface area contributed by atoms with Gasteiger partial charge in [-0.15, -0.1) is 22.7 Å². The van der Waals surface area contributed by atoms with Crippen molar-refractivity contribution >= 4 is 54.5 Å². The van der Waals surface area contributed by atoms with E-state index in [2.05, 4.69) is 50.2 Å². The Morgan fingerprint density at radius 1 is 1.37 bits per heavy atom. The molecule has 0 fully saturated rings. The highest BCUT2D eigenvalue weighted by atomic mass is 79.9. The molecule has 2 heterocycles. The number of halogens is 2. The fourth-order valence-electron chi connectivity index (χ4n) is 2.35. The Kier molecular flexibility index (Phi) is 4.43. The van der Waals surface area contributed by atoms with E-state index in [9.17, 15) is 0 Å². The van der Waals surface area contributed by atoms with Crippen LogP contribution in [0, 0.1) is 0 Å². The molecule has 2 aromatic heterocycles. The fourth-order valence-corrected chi connectivity index (χ4v) is 5.85. The van der Waals surface area contributed by atoms with Gasteiger partial charge in [-0.2, -0.15) is 0 Å². The van der Waals surface area contributed by atoms with Crippen LogP contribution in [-0.4, -0.2) is 11.5 Å². The first-order valence-corrected chi connectivity index (χ1v) is 9.57. The molecule has 3 rings (SSSR count). The van der Waals surface area contributed by atoms with Crippen LogP contribution in [0.5, 0.6) is 0 Å². The maximum Gasteiger partial charge on any atom is 0.115 e. The first kappa shape index (κ1) is 14.2. The number of aromatic nitrogens is 1. The second kappa shape index (κ2) is 5.93. The Hall–Kier alpha value is 0.250. The lowest BCUT2D eigenvalue weighted by molar-refractivity contribution is 0.633. The molecule has 1 unspecified atom stereocenters. The van der Waals surface area contributed by atoms with Gasteiger partial charge in [0.2, 0.25) is 0 Å². The van der Waals surface area contributed by atoms with Crippen LogP contribution in [0.15, 0.2) is 14.3 Å². The average molecular weight is 422 g/mol. The van der Waals surface area contributed by atoms with E-state index in [4.69, 9.17) is 4.98 Å². The number of thiophene rings is 1. The monoisotopic (exact) mass is 420 g/mol. The van der Waals surface area contributed by atoms with Crippen molar-refractivity contribution in [2.24, 2.45) is 0 Å². The molecule has 6 heteroatoms. The van der Waals surface area contributed by atoms with Crippen LogP contribution in [0.25, 0.3) is 0 Å². The molecule has 0 aromatic carbocycles. The quantitative estimate of drug-likeness (QED) is 0.757. The molecule has 2 aromatic rings. The highest BCUT2D eigenvalue weighted by molar-refractivity contribution is 9.13. The van der Waals surface area contributed by atoms with Gasteiger partial charge in [-0.25, -0.2) is 4.98 Å². The highest BCUT2D eigenvalue weighted by Gasteiger charge is 2.24. The van der Waals surface area contributed by atoms with Gasteiger partial charge in [-0.05, 0) is 63.7 Å². The molecule has 1 aliphatic rings. The summed E-state index contributed by atoms with van der Waals surface area (Å²) in [7, 11) is 0. The predicted octanol–water partition coefficient (Wildman–Crippen LogP) is 4.92. The lowest BCUT2D eigenvalue weighted by Crippen LogP contribution is -2.21. The summed E-state index contributed by atoms with van der Waals surface area (Å²) in [6.45, 7) is 3.09. The molecule has 2 nitrogen and oxygen atoms in total. The van der Waals surface area contributed by atoms with Crippen molar-refractivity contribution in [3.8, 4) is 0 Å². The van der Waals surface area contributed by atoms with Gasteiger partial charge in [-0.3, -0.25) is 0 Å². The molecule has 0 spiro atoms. The second-order valence-electron chi connectivity index (χ2n) is 4.54. The summed E-state index contributed by atoms with van der Waals surface area (Å²) in [6.07, 6.45) is 3.64. The topological polar surface area (TPSA) is 24.9 Å². The smallest absolute Gasteiger partial charge is 0.115 e. The minimum atomic E-state index is 0.230. The highest BCUT2D eigenvalue weighted by Crippen LogP contribution is 2.40. The molecular weight excluding hydrogens is 408 g/mol. The molecule has 0 saturated carbocycles. The van der Waals surface area contributed by atoms with Crippen molar-refractivity contribution in [2.75, 3.05) is 6.54 Å². The zero-order valence-corrected chi connectivity index (χ0v) is 15.3. The number of nitrogens with zero attached hydrogens (tertiary/aromatic N) is 1. The normalized spacial score (nSPS) is 15.7. The van der Waals surface area contributed by atoms with Gasteiger partial charge >= 0.3 is 0 Å². The molecule has 1 N–H and O–H groups in total. The number of nitrogens with one attached hydrogen (secondary N) is 1. The summed E-state index contributed by atoms with van der Waals surface area (Å²) in [5.41, 5.74) is 1.33. The lowest BCUT2D eigenvalue weighted by atomic mass is 10.2. The van der Waals surface area contributed by atoms with Gasteiger partial charge in [0.25, 0.3) is 0 Å². The molecule has 0 amide bonds. The zero-order chi connectivity index (χ0) is 13.4. The van der Waals surface area contributed by atoms with Gasteiger partial charge < -0.3 is 5.32 Å². The summed E-state index contributed by atoms with van der Waals surface area (Å²) in [5, 5.41) is 4.78. The van der Waals surface area contributed by atoms with E-state index in [1.54, 1.807) is 11.3 Å². The van der Waals surface area contributed by atoms with E-state index in [0.717, 1.165) is 21.2 Å². The van der Waals surface area contributed by atoms with Gasteiger partial charge in [-0.1, -0.05) is 6.92 Å². The SMILES string of the molecule is CCNC(c1cc(Br)c(Br)s1)c1nc2c(s1)CCC2. The Labute approximate surface area is 137 Å². The fraction of sp³-hybridized carbons (Fsp3) is 0.462. The van der Waals surface area contributed by atoms with Gasteiger partial charge in [0, 0.05) is 14.2 Å². The maximum absolute atomic E-state index is 4.86. The van der Waals surface area contributed by atoms with Crippen LogP contribution in [0.3, 0.4) is 0 Å². The molecule has 19 heavy (non-hydrogen) atoms. The third-order valence-corrected chi connectivity index (χ3v) is 7.76. The third kappa shape index (κ3) is 2.83. The van der Waals surface area contributed by atoms with Gasteiger partial charge in [0.05, 0.1) is 15.5 Å². The molecule has 0 aliphatic heterocycles. The van der Waals surface area contributed by atoms with Crippen molar-refractivity contribution in [3.63, 3.8) is 0 Å². The number of hydrogen-bond acceptors (Lipinski definition) is 4. The van der Waals surface area contributed by atoms with Crippen LogP contribution in [-0.2, 0) is 12.8 Å². The summed E-state index contributed by atoms with van der Waals surface area (Å²) in [4.78, 5) is 7.66. The molecule has 1 aliphatic carbocycles. The van der Waals surface area contributed by atoms with Crippen LogP contribution in [0.2, 0.25) is 0 Å². The van der Waals surface area contributed by atoms with Gasteiger partial charge in [0.15, 0.2) is 0 Å². The third-order valence-electron chi connectivity index (χ3n) is 3.22. The summed E-state index contributed by atoms with van der Waals surface area (Å²) in [6, 6.07) is 2.42. The standard InChI is InChI=1S/C13H14Br2N2S2/c1-2-16-11(10-6-7(14)12(15)18-10)13-17-8-4-3-5-9(8)19-13/h6,11,16H,2-5H2,1H3. The van der Waals surface area contributed by atoms with Crippen LogP contribution in [0.1, 0.15) is 39.8 Å². The Bertz CT molecular complexity index is 550. The Balaban J connectivity index is 1.95. The number of thiazole rings is 1. The molecular formula is C13H14Br2N2S2. The first-order chi connectivity index (χ1) is 9.19. The summed E-state index contributed by atoms with van der Waals surface area (Å²) >= 11 is 10.8. The molecule has 0 radical (unpaired) electrons. The van der Waals surface area contributed by atoms with E-state index in [1.165, 1.54) is 33.3 Å². The Morgan fingerprint density at radius 2 is 2.21 bits per heavy atom. The summed E-state index contributed by atoms with van der Waals surface area (Å²) in [5.74, 6) is 0. The number of rotatable bonds is 4. The lowest BCUT2D eigenvalue weighted by Gasteiger charge is -2.13. The van der Waals surface area contributed by atoms with Crippen molar-refractivity contribution in [1.82, 2.24) is 10.3 Å². The van der Waals surface area contributed by atoms with E-state index in [0.29, 0.717) is 0 Å². The molecule has 1 atom stereocenters. The van der Waals surface area contributed by atoms with E-state index >= 15 is 0 Å². The van der Waals surface area contributed by atoms with Crippen LogP contribution >= 0.6 is 54.5 Å². The van der Waals surface area contributed by atoms with E-state index < -0.39 is 0 Å². The summed E-state index contributed by atoms with van der Waals surface area (Å²) < 4.78 is 2.27. The second-order valence-corrected chi connectivity index (χ2v) is 8.91. The van der Waals surface area contributed by atoms with E-state index in [-0.39, 0.29) is 6.04 Å². The van der Waals surface area contributed by atoms with Crippen LogP contribution < -0.4 is 5.32 Å². The Morgan fingerprint density at radius 3 is 2.84 bits per heavy atom. The largest absolute Gasteiger partial charge is 0.304 e. The molecule has 0 bridgehead atoms. The minimum absolute atomic E-state index is 0.230. The zero-order valence-electron chi connectivity index (χ0n) is 10.5. The molecule has 102 valence electrons. The van der Waals surface area contributed by atoms with Crippen molar-refractivity contribution in [1.29, 1.82) is 0 Å². The first-order valence-electron chi connectivity index (χ1n) is 6.35. The van der Waals surface area contributed by atoms with E-state index in [1.807, 2.05) is 11.3 Å². The van der Waals surface area contributed by atoms with Crippen molar-refractivity contribution in [3.05, 3.63) is 34.8 Å². The predicted molar refractivity (Wildman–Crippen MR) is 89.4 cm³/mol. The van der Waals surface area contributed by atoms with Crippen molar-refractivity contribution in [2.45, 2.75) is 32.2 Å². The van der Waals surface area contributed by atoms with Gasteiger partial charge in [0.1, 0.15) is 5.01 Å². The minimum Gasteiger partial charge on any atom is -0.304 e. The van der Waals surface area contributed by atoms with Crippen LogP contribution in [0.4, 0.5) is 0 Å². The average Bonchev–Trinajstić information content (AvgIpc) is 3.02. The molecule has 0 saturated heterocycles. The number of fused-ring (bicyclic) bond motifs is 1. The van der Waals surface area contributed by atoms with Crippen molar-refractivity contribution < 1.29 is 0 Å². The maximum atomic E-state index is 4.86. The number of hydrogen-bond donors (Lipinski definition) is 1. The number of aryl methyl sites for hydroxylation is 2.